The summed E-state index contributed by atoms with van der Waals surface area (Å²) in [5.41, 5.74) is 2.06. The van der Waals surface area contributed by atoms with E-state index in [1.807, 2.05) is 59.1 Å². The van der Waals surface area contributed by atoms with Crippen molar-refractivity contribution in [3.63, 3.8) is 0 Å². The van der Waals surface area contributed by atoms with Gasteiger partial charge in [-0.05, 0) is 17.7 Å². The van der Waals surface area contributed by atoms with Crippen molar-refractivity contribution in [2.24, 2.45) is 0 Å². The number of aromatic nitrogens is 2. The van der Waals surface area contributed by atoms with Crippen LogP contribution in [0, 0.1) is 0 Å². The lowest BCUT2D eigenvalue weighted by atomic mass is 10.2. The predicted octanol–water partition coefficient (Wildman–Crippen LogP) is 2.91. The largest absolute Gasteiger partial charge is 0.474 e. The van der Waals surface area contributed by atoms with E-state index in [-0.39, 0.29) is 0 Å². The molecule has 3 heteroatoms. The maximum atomic E-state index is 5.79. The quantitative estimate of drug-likeness (QED) is 0.683. The van der Waals surface area contributed by atoms with E-state index < -0.39 is 0 Å². The summed E-state index contributed by atoms with van der Waals surface area (Å²) >= 11 is 0. The van der Waals surface area contributed by atoms with Crippen molar-refractivity contribution < 1.29 is 4.74 Å². The van der Waals surface area contributed by atoms with E-state index in [0.717, 1.165) is 17.1 Å². The lowest BCUT2D eigenvalue weighted by Gasteiger charge is -2.08. The van der Waals surface area contributed by atoms with Gasteiger partial charge in [-0.15, -0.1) is 0 Å². The molecule has 2 aromatic heterocycles. The third-order valence-corrected chi connectivity index (χ3v) is 2.62. The fourth-order valence-corrected chi connectivity index (χ4v) is 1.77. The molecule has 84 valence electrons. The lowest BCUT2D eigenvalue weighted by molar-refractivity contribution is 0.290. The smallest absolute Gasteiger partial charge is 0.199 e. The highest BCUT2D eigenvalue weighted by Gasteiger charge is 2.01. The van der Waals surface area contributed by atoms with Crippen LogP contribution in [0.5, 0.6) is 5.88 Å². The van der Waals surface area contributed by atoms with Crippen LogP contribution in [0.4, 0.5) is 0 Å². The van der Waals surface area contributed by atoms with Gasteiger partial charge in [0.1, 0.15) is 12.3 Å². The van der Waals surface area contributed by atoms with Crippen LogP contribution < -0.4 is 4.74 Å². The average molecular weight is 224 g/mol. The number of benzene rings is 1. The highest BCUT2D eigenvalue weighted by atomic mass is 16.5. The summed E-state index contributed by atoms with van der Waals surface area (Å²) in [4.78, 5) is 4.22. The van der Waals surface area contributed by atoms with Gasteiger partial charge < -0.3 is 4.74 Å². The summed E-state index contributed by atoms with van der Waals surface area (Å²) in [6.45, 7) is 0.568. The van der Waals surface area contributed by atoms with Crippen molar-refractivity contribution in [3.8, 4) is 5.88 Å². The number of rotatable bonds is 3. The van der Waals surface area contributed by atoms with Gasteiger partial charge in [-0.2, -0.15) is 0 Å². The summed E-state index contributed by atoms with van der Waals surface area (Å²) in [7, 11) is 0. The van der Waals surface area contributed by atoms with E-state index >= 15 is 0 Å². The monoisotopic (exact) mass is 224 g/mol. The Labute approximate surface area is 99.3 Å². The minimum Gasteiger partial charge on any atom is -0.474 e. The van der Waals surface area contributed by atoms with E-state index in [0.29, 0.717) is 6.61 Å². The SMILES string of the molecule is c1ccc(COc2cccc3nccn23)cc1. The summed E-state index contributed by atoms with van der Waals surface area (Å²) in [6.07, 6.45) is 3.67. The number of pyridine rings is 1. The number of fused-ring (bicyclic) bond motifs is 1. The molecule has 0 spiro atoms. The number of imidazole rings is 1. The summed E-state index contributed by atoms with van der Waals surface area (Å²) < 4.78 is 7.72. The molecule has 0 aliphatic carbocycles. The van der Waals surface area contributed by atoms with Gasteiger partial charge in [0.15, 0.2) is 5.88 Å². The highest BCUT2D eigenvalue weighted by Crippen LogP contribution is 2.15. The van der Waals surface area contributed by atoms with Gasteiger partial charge in [-0.1, -0.05) is 36.4 Å². The molecule has 3 rings (SSSR count). The van der Waals surface area contributed by atoms with E-state index in [2.05, 4.69) is 4.98 Å². The average Bonchev–Trinajstić information content (AvgIpc) is 2.86. The first kappa shape index (κ1) is 9.90. The second-order valence-electron chi connectivity index (χ2n) is 3.79. The summed E-state index contributed by atoms with van der Waals surface area (Å²) in [6, 6.07) is 16.0. The number of ether oxygens (including phenoxy) is 1. The van der Waals surface area contributed by atoms with Gasteiger partial charge in [0.25, 0.3) is 0 Å². The molecule has 3 aromatic rings. The van der Waals surface area contributed by atoms with Gasteiger partial charge in [-0.3, -0.25) is 4.40 Å². The highest BCUT2D eigenvalue weighted by molar-refractivity contribution is 5.41. The van der Waals surface area contributed by atoms with Crippen LogP contribution in [0.25, 0.3) is 5.65 Å². The van der Waals surface area contributed by atoms with Gasteiger partial charge in [0, 0.05) is 12.4 Å². The Balaban J connectivity index is 1.84. The Morgan fingerprint density at radius 1 is 1.00 bits per heavy atom. The van der Waals surface area contributed by atoms with Crippen LogP contribution in [-0.2, 0) is 6.61 Å². The maximum absolute atomic E-state index is 5.79. The zero-order valence-electron chi connectivity index (χ0n) is 9.28. The van der Waals surface area contributed by atoms with Crippen LogP contribution in [0.1, 0.15) is 5.56 Å². The zero-order valence-corrected chi connectivity index (χ0v) is 9.28. The van der Waals surface area contributed by atoms with Crippen molar-refractivity contribution in [2.75, 3.05) is 0 Å². The predicted molar refractivity (Wildman–Crippen MR) is 66.0 cm³/mol. The Kier molecular flexibility index (Phi) is 2.50. The molecule has 0 saturated heterocycles. The lowest BCUT2D eigenvalue weighted by Crippen LogP contribution is -1.99. The van der Waals surface area contributed by atoms with Crippen molar-refractivity contribution in [3.05, 3.63) is 66.5 Å². The Bertz CT molecular complexity index is 616. The second-order valence-corrected chi connectivity index (χ2v) is 3.79. The molecule has 0 atom stereocenters. The molecular formula is C14H12N2O. The molecular weight excluding hydrogens is 212 g/mol. The van der Waals surface area contributed by atoms with Crippen LogP contribution in [-0.4, -0.2) is 9.38 Å². The molecule has 1 aromatic carbocycles. The fraction of sp³-hybridized carbons (Fsp3) is 0.0714. The van der Waals surface area contributed by atoms with Crippen molar-refractivity contribution in [1.29, 1.82) is 0 Å². The fourth-order valence-electron chi connectivity index (χ4n) is 1.77. The van der Waals surface area contributed by atoms with Gasteiger partial charge in [-0.25, -0.2) is 4.98 Å². The van der Waals surface area contributed by atoms with Crippen LogP contribution in [0.3, 0.4) is 0 Å². The molecule has 0 bridgehead atoms. The molecule has 0 unspecified atom stereocenters. The third-order valence-electron chi connectivity index (χ3n) is 2.62. The van der Waals surface area contributed by atoms with Crippen molar-refractivity contribution >= 4 is 5.65 Å². The summed E-state index contributed by atoms with van der Waals surface area (Å²) in [5.74, 6) is 0.809. The molecule has 0 aliphatic heterocycles. The van der Waals surface area contributed by atoms with Crippen LogP contribution in [0.15, 0.2) is 60.9 Å². The molecule has 0 N–H and O–H groups in total. The normalized spacial score (nSPS) is 10.6. The van der Waals surface area contributed by atoms with E-state index in [4.69, 9.17) is 4.74 Å². The van der Waals surface area contributed by atoms with Crippen LogP contribution in [0.2, 0.25) is 0 Å². The minimum atomic E-state index is 0.568. The van der Waals surface area contributed by atoms with Gasteiger partial charge in [0.2, 0.25) is 0 Å². The molecule has 17 heavy (non-hydrogen) atoms. The first-order chi connectivity index (χ1) is 8.43. The second kappa shape index (κ2) is 4.29. The standard InChI is InChI=1S/C14H12N2O/c1-2-5-12(6-3-1)11-17-14-8-4-7-13-15-9-10-16(13)14/h1-10H,11H2. The first-order valence-electron chi connectivity index (χ1n) is 5.52. The Morgan fingerprint density at radius 3 is 2.76 bits per heavy atom. The molecule has 0 saturated carbocycles. The number of hydrogen-bond donors (Lipinski definition) is 0. The Hall–Kier alpha value is -2.29. The zero-order chi connectivity index (χ0) is 11.5. The van der Waals surface area contributed by atoms with Gasteiger partial charge in [0.05, 0.1) is 0 Å². The van der Waals surface area contributed by atoms with Crippen molar-refractivity contribution in [2.45, 2.75) is 6.61 Å². The van der Waals surface area contributed by atoms with E-state index in [9.17, 15) is 0 Å². The molecule has 0 radical (unpaired) electrons. The molecule has 0 amide bonds. The van der Waals surface area contributed by atoms with E-state index in [1.165, 1.54) is 0 Å². The number of hydrogen-bond acceptors (Lipinski definition) is 2. The van der Waals surface area contributed by atoms with Gasteiger partial charge >= 0.3 is 0 Å². The van der Waals surface area contributed by atoms with Crippen LogP contribution >= 0.6 is 0 Å². The molecule has 0 aliphatic rings. The molecule has 3 nitrogen and oxygen atoms in total. The van der Waals surface area contributed by atoms with Crippen molar-refractivity contribution in [1.82, 2.24) is 9.38 Å². The topological polar surface area (TPSA) is 26.5 Å². The summed E-state index contributed by atoms with van der Waals surface area (Å²) in [5, 5.41) is 0. The first-order valence-corrected chi connectivity index (χ1v) is 5.52. The molecule has 0 fully saturated rings. The third kappa shape index (κ3) is 1.99. The number of nitrogens with zero attached hydrogens (tertiary/aromatic N) is 2. The Morgan fingerprint density at radius 2 is 1.88 bits per heavy atom. The molecule has 2 heterocycles. The minimum absolute atomic E-state index is 0.568. The maximum Gasteiger partial charge on any atom is 0.199 e. The van der Waals surface area contributed by atoms with E-state index in [1.54, 1.807) is 6.20 Å².